The van der Waals surface area contributed by atoms with Crippen LogP contribution in [0.1, 0.15) is 105 Å². The second kappa shape index (κ2) is 6.11. The molecule has 2 nitrogen and oxygen atoms in total. The van der Waals surface area contributed by atoms with Crippen LogP contribution in [0.2, 0.25) is 0 Å². The van der Waals surface area contributed by atoms with Crippen molar-refractivity contribution < 1.29 is 9.90 Å². The highest BCUT2D eigenvalue weighted by Gasteiger charge is 2.82. The lowest BCUT2D eigenvalue weighted by molar-refractivity contribution is -0.157. The van der Waals surface area contributed by atoms with E-state index in [4.69, 9.17) is 0 Å². The Hall–Kier alpha value is -0.370. The summed E-state index contributed by atoms with van der Waals surface area (Å²) in [6.45, 7) is 12.7. The number of rotatable bonds is 4. The average molecular weight is 401 g/mol. The number of hydrogen-bond donors (Lipinski definition) is 1. The van der Waals surface area contributed by atoms with Crippen LogP contribution in [0.25, 0.3) is 0 Å². The van der Waals surface area contributed by atoms with E-state index in [1.165, 1.54) is 57.8 Å². The van der Waals surface area contributed by atoms with E-state index in [1.54, 1.807) is 0 Å². The van der Waals surface area contributed by atoms with Gasteiger partial charge in [-0.05, 0) is 110 Å². The predicted octanol–water partition coefficient (Wildman–Crippen LogP) is 6.40. The zero-order valence-corrected chi connectivity index (χ0v) is 19.7. The largest absolute Gasteiger partial charge is 0.396 e. The number of hydrogen-bond acceptors (Lipinski definition) is 2. The minimum atomic E-state index is -0.0919. The maximum atomic E-state index is 12.8. The van der Waals surface area contributed by atoms with Crippen LogP contribution in [-0.2, 0) is 4.79 Å². The molecule has 5 aliphatic rings. The molecule has 0 unspecified atom stereocenters. The van der Waals surface area contributed by atoms with Crippen LogP contribution in [0, 0.1) is 50.7 Å². The van der Waals surface area contributed by atoms with Crippen molar-refractivity contribution >= 4 is 5.78 Å². The van der Waals surface area contributed by atoms with E-state index >= 15 is 0 Å². The first-order valence-electron chi connectivity index (χ1n) is 12.7. The van der Waals surface area contributed by atoms with Gasteiger partial charge in [-0.2, -0.15) is 0 Å². The van der Waals surface area contributed by atoms with Gasteiger partial charge in [-0.3, -0.25) is 4.79 Å². The normalized spacial score (nSPS) is 53.4. The number of carbonyl (C=O) groups is 1. The average Bonchev–Trinajstić information content (AvgIpc) is 3.26. The van der Waals surface area contributed by atoms with Gasteiger partial charge in [0.25, 0.3) is 0 Å². The van der Waals surface area contributed by atoms with E-state index in [-0.39, 0.29) is 5.41 Å². The molecule has 29 heavy (non-hydrogen) atoms. The van der Waals surface area contributed by atoms with E-state index in [0.717, 1.165) is 30.6 Å². The minimum Gasteiger partial charge on any atom is -0.396 e. The third kappa shape index (κ3) is 2.26. The van der Waals surface area contributed by atoms with E-state index in [0.29, 0.717) is 40.0 Å². The second-order valence-electron chi connectivity index (χ2n) is 13.1. The Morgan fingerprint density at radius 3 is 2.34 bits per heavy atom. The molecule has 164 valence electrons. The first kappa shape index (κ1) is 20.5. The van der Waals surface area contributed by atoms with Crippen LogP contribution in [0.3, 0.4) is 0 Å². The van der Waals surface area contributed by atoms with Crippen LogP contribution in [0.15, 0.2) is 0 Å². The molecule has 0 aromatic rings. The predicted molar refractivity (Wildman–Crippen MR) is 117 cm³/mol. The zero-order chi connectivity index (χ0) is 20.9. The van der Waals surface area contributed by atoms with Gasteiger partial charge in [-0.1, -0.05) is 34.6 Å². The molecule has 0 heterocycles. The highest BCUT2D eigenvalue weighted by molar-refractivity contribution is 5.86. The molecule has 0 aromatic heterocycles. The molecular formula is C27H44O2. The number of Topliss-reactive ketones (excluding diaryl/α,β-unsaturated/α-hetero) is 1. The van der Waals surface area contributed by atoms with Gasteiger partial charge in [0.05, 0.1) is 0 Å². The molecule has 5 rings (SSSR count). The Kier molecular flexibility index (Phi) is 4.32. The van der Waals surface area contributed by atoms with Crippen LogP contribution >= 0.6 is 0 Å². The van der Waals surface area contributed by atoms with Crippen molar-refractivity contribution in [2.75, 3.05) is 6.61 Å². The van der Waals surface area contributed by atoms with E-state index in [9.17, 15) is 9.90 Å². The molecule has 0 saturated heterocycles. The molecule has 5 saturated carbocycles. The summed E-state index contributed by atoms with van der Waals surface area (Å²) in [7, 11) is 0. The first-order valence-corrected chi connectivity index (χ1v) is 12.7. The number of aliphatic hydroxyl groups excluding tert-OH is 1. The van der Waals surface area contributed by atoms with E-state index < -0.39 is 0 Å². The van der Waals surface area contributed by atoms with Gasteiger partial charge >= 0.3 is 0 Å². The molecule has 5 aliphatic carbocycles. The summed E-state index contributed by atoms with van der Waals surface area (Å²) in [6, 6.07) is 0. The highest BCUT2D eigenvalue weighted by Crippen LogP contribution is 2.88. The summed E-state index contributed by atoms with van der Waals surface area (Å²) in [5, 5.41) is 9.35. The second-order valence-corrected chi connectivity index (χ2v) is 13.1. The monoisotopic (exact) mass is 400 g/mol. The van der Waals surface area contributed by atoms with Crippen LogP contribution in [0.5, 0.6) is 0 Å². The van der Waals surface area contributed by atoms with Crippen molar-refractivity contribution in [2.45, 2.75) is 105 Å². The fourth-order valence-corrected chi connectivity index (χ4v) is 10.7. The molecule has 2 spiro atoms. The van der Waals surface area contributed by atoms with E-state index in [2.05, 4.69) is 34.6 Å². The lowest BCUT2D eigenvalue weighted by atomic mass is 9.42. The molecule has 0 bridgehead atoms. The minimum absolute atomic E-state index is 0.0919. The fourth-order valence-electron chi connectivity index (χ4n) is 10.7. The molecule has 1 N–H and O–H groups in total. The summed E-state index contributed by atoms with van der Waals surface area (Å²) in [4.78, 5) is 12.8. The topological polar surface area (TPSA) is 37.3 Å². The maximum Gasteiger partial charge on any atom is 0.138 e. The Morgan fingerprint density at radius 1 is 0.931 bits per heavy atom. The molecule has 0 amide bonds. The molecule has 8 atom stereocenters. The maximum absolute atomic E-state index is 12.8. The summed E-state index contributed by atoms with van der Waals surface area (Å²) in [5.74, 6) is 3.62. The fraction of sp³-hybridized carbons (Fsp3) is 0.963. The Balaban J connectivity index is 1.46. The van der Waals surface area contributed by atoms with Crippen LogP contribution < -0.4 is 0 Å². The summed E-state index contributed by atoms with van der Waals surface area (Å²) in [5.41, 5.74) is 1.91. The number of ketones is 1. The Labute approximate surface area is 178 Å². The van der Waals surface area contributed by atoms with Gasteiger partial charge in [-0.15, -0.1) is 0 Å². The molecule has 0 radical (unpaired) electrons. The third-order valence-corrected chi connectivity index (χ3v) is 12.4. The Morgan fingerprint density at radius 2 is 1.62 bits per heavy atom. The molecular weight excluding hydrogens is 356 g/mol. The summed E-state index contributed by atoms with van der Waals surface area (Å²) in [6.07, 6.45) is 13.9. The third-order valence-electron chi connectivity index (χ3n) is 12.4. The van der Waals surface area contributed by atoms with Crippen molar-refractivity contribution in [1.29, 1.82) is 0 Å². The van der Waals surface area contributed by atoms with Crippen molar-refractivity contribution in [3.8, 4) is 0 Å². The molecule has 5 fully saturated rings. The lowest BCUT2D eigenvalue weighted by Gasteiger charge is -2.62. The molecule has 2 heteroatoms. The first-order chi connectivity index (χ1) is 13.6. The number of aliphatic hydroxyl groups is 1. The van der Waals surface area contributed by atoms with Crippen molar-refractivity contribution in [1.82, 2.24) is 0 Å². The molecule has 0 aliphatic heterocycles. The van der Waals surface area contributed by atoms with E-state index in [1.807, 2.05) is 0 Å². The zero-order valence-electron chi connectivity index (χ0n) is 19.7. The van der Waals surface area contributed by atoms with Gasteiger partial charge in [0.1, 0.15) is 5.78 Å². The smallest absolute Gasteiger partial charge is 0.138 e. The standard InChI is InChI=1S/C27H44O2/c1-18(7-6-16-28)19-10-12-25(5)21-9-8-20-23(2,3)22(29)11-13-26(20)17-27(21,26)15-14-24(19,25)4/h18-21,28H,6-17H2,1-5H3/t18-,19-,20-,21+,24-,25+,26-,27+/m1/s1. The number of carbonyl (C=O) groups excluding carboxylic acids is 1. The van der Waals surface area contributed by atoms with Gasteiger partial charge in [-0.25, -0.2) is 0 Å². The van der Waals surface area contributed by atoms with Gasteiger partial charge in [0.2, 0.25) is 0 Å². The number of fused-ring (bicyclic) bond motifs is 2. The van der Waals surface area contributed by atoms with Gasteiger partial charge < -0.3 is 5.11 Å². The van der Waals surface area contributed by atoms with Gasteiger partial charge in [0.15, 0.2) is 0 Å². The quantitative estimate of drug-likeness (QED) is 0.592. The van der Waals surface area contributed by atoms with Crippen molar-refractivity contribution in [3.63, 3.8) is 0 Å². The molecule has 0 aromatic carbocycles. The lowest BCUT2D eigenvalue weighted by Crippen LogP contribution is -2.57. The Bertz CT molecular complexity index is 711. The summed E-state index contributed by atoms with van der Waals surface area (Å²) < 4.78 is 0. The van der Waals surface area contributed by atoms with Crippen molar-refractivity contribution in [2.24, 2.45) is 50.7 Å². The summed E-state index contributed by atoms with van der Waals surface area (Å²) >= 11 is 0. The highest BCUT2D eigenvalue weighted by atomic mass is 16.2. The van der Waals surface area contributed by atoms with Crippen molar-refractivity contribution in [3.05, 3.63) is 0 Å². The van der Waals surface area contributed by atoms with Crippen LogP contribution in [-0.4, -0.2) is 17.5 Å². The van der Waals surface area contributed by atoms with Gasteiger partial charge in [0, 0.05) is 18.4 Å². The SMILES string of the molecule is C[C@H](CCCO)[C@H]1CC[C@@]2(C)[C@@H]3CC[C@@H]4C(C)(C)C(=O)CC[C@@]45C[C@@]35CC[C@]12C. The van der Waals surface area contributed by atoms with Crippen LogP contribution in [0.4, 0.5) is 0 Å².